The maximum atomic E-state index is 13.5. The van der Waals surface area contributed by atoms with Crippen molar-refractivity contribution in [1.82, 2.24) is 0 Å². The number of benzene rings is 2. The van der Waals surface area contributed by atoms with Crippen LogP contribution in [-0.2, 0) is 9.84 Å². The highest BCUT2D eigenvalue weighted by atomic mass is 35.5. The van der Waals surface area contributed by atoms with Crippen molar-refractivity contribution in [2.75, 3.05) is 11.9 Å². The van der Waals surface area contributed by atoms with E-state index in [-0.39, 0.29) is 45.5 Å². The van der Waals surface area contributed by atoms with E-state index in [1.807, 2.05) is 0 Å². The van der Waals surface area contributed by atoms with Gasteiger partial charge in [-0.1, -0.05) is 18.5 Å². The molecule has 178 valence electrons. The van der Waals surface area contributed by atoms with Crippen LogP contribution < -0.4 is 5.32 Å². The second kappa shape index (κ2) is 8.92. The molecular weight excluding hydrogens is 479 g/mol. The summed E-state index contributed by atoms with van der Waals surface area (Å²) in [6, 6.07) is 4.97. The highest BCUT2D eigenvalue weighted by molar-refractivity contribution is 7.92. The summed E-state index contributed by atoms with van der Waals surface area (Å²) in [6.07, 6.45) is 1.68. The topological polar surface area (TPSA) is 83.5 Å². The molecule has 0 radical (unpaired) electrons. The monoisotopic (exact) mass is 501 g/mol. The van der Waals surface area contributed by atoms with Crippen LogP contribution in [0.25, 0.3) is 0 Å². The third-order valence-corrected chi connectivity index (χ3v) is 9.71. The molecule has 4 rings (SSSR count). The number of aliphatic hydroxyl groups is 1. The molecule has 2 saturated carbocycles. The second-order valence-electron chi connectivity index (χ2n) is 8.97. The molecule has 2 bridgehead atoms. The number of hydrogen-bond donors (Lipinski definition) is 2. The lowest BCUT2D eigenvalue weighted by atomic mass is 9.77. The summed E-state index contributed by atoms with van der Waals surface area (Å²) in [7, 11) is -3.88. The molecule has 2 aliphatic carbocycles. The summed E-state index contributed by atoms with van der Waals surface area (Å²) < 4.78 is 67.0. The Kier molecular flexibility index (Phi) is 6.50. The first-order chi connectivity index (χ1) is 15.5. The Labute approximate surface area is 194 Å². The summed E-state index contributed by atoms with van der Waals surface area (Å²) >= 11 is 6.21. The van der Waals surface area contributed by atoms with Crippen LogP contribution in [0.3, 0.4) is 0 Å². The van der Waals surface area contributed by atoms with Crippen molar-refractivity contribution in [2.45, 2.75) is 36.3 Å². The Hall–Kier alpha value is -2.10. The first-order valence-electron chi connectivity index (χ1n) is 10.6. The molecule has 0 heterocycles. The van der Waals surface area contributed by atoms with E-state index in [0.717, 1.165) is 12.5 Å². The largest absolute Gasteiger partial charge is 0.396 e. The predicted molar refractivity (Wildman–Crippen MR) is 117 cm³/mol. The number of carbonyl (C=O) groups is 1. The molecular formula is C23H23ClF3NO4S. The number of anilines is 1. The lowest BCUT2D eigenvalue weighted by Gasteiger charge is -2.34. The number of rotatable bonds is 5. The van der Waals surface area contributed by atoms with E-state index in [1.165, 1.54) is 12.1 Å². The number of nitrogens with one attached hydrogen (secondary N) is 1. The molecule has 5 nitrogen and oxygen atoms in total. The fraction of sp³-hybridized carbons (Fsp3) is 0.435. The lowest BCUT2D eigenvalue weighted by molar-refractivity contribution is 0.102. The Morgan fingerprint density at radius 1 is 1.12 bits per heavy atom. The van der Waals surface area contributed by atoms with Crippen molar-refractivity contribution >= 4 is 33.0 Å². The van der Waals surface area contributed by atoms with Crippen LogP contribution in [0.2, 0.25) is 5.02 Å². The zero-order valence-electron chi connectivity index (χ0n) is 17.7. The van der Waals surface area contributed by atoms with Gasteiger partial charge in [-0.15, -0.1) is 0 Å². The summed E-state index contributed by atoms with van der Waals surface area (Å²) in [5.41, 5.74) is -0.396. The van der Waals surface area contributed by atoms with Crippen molar-refractivity contribution in [3.63, 3.8) is 0 Å². The predicted octanol–water partition coefficient (Wildman–Crippen LogP) is 4.83. The first-order valence-corrected chi connectivity index (χ1v) is 12.6. The lowest BCUT2D eigenvalue weighted by Crippen LogP contribution is -2.36. The van der Waals surface area contributed by atoms with E-state index in [2.05, 4.69) is 12.2 Å². The van der Waals surface area contributed by atoms with Crippen LogP contribution in [0.15, 0.2) is 35.2 Å². The van der Waals surface area contributed by atoms with E-state index < -0.39 is 38.4 Å². The minimum atomic E-state index is -3.88. The fourth-order valence-electron chi connectivity index (χ4n) is 5.43. The molecule has 2 N–H and O–H groups in total. The van der Waals surface area contributed by atoms with Gasteiger partial charge >= 0.3 is 0 Å². The van der Waals surface area contributed by atoms with Gasteiger partial charge in [-0.3, -0.25) is 4.79 Å². The molecule has 0 aromatic heterocycles. The van der Waals surface area contributed by atoms with Gasteiger partial charge in [0.1, 0.15) is 0 Å². The van der Waals surface area contributed by atoms with E-state index in [4.69, 9.17) is 11.6 Å². The first kappa shape index (κ1) is 24.0. The maximum Gasteiger partial charge on any atom is 0.255 e. The molecule has 1 amide bonds. The number of sulfone groups is 1. The average molecular weight is 502 g/mol. The highest BCUT2D eigenvalue weighted by Crippen LogP contribution is 2.52. The van der Waals surface area contributed by atoms with E-state index in [0.29, 0.717) is 30.9 Å². The van der Waals surface area contributed by atoms with Gasteiger partial charge in [-0.25, -0.2) is 21.6 Å². The molecule has 2 aromatic carbocycles. The van der Waals surface area contributed by atoms with Crippen LogP contribution in [0.1, 0.15) is 36.5 Å². The van der Waals surface area contributed by atoms with E-state index in [9.17, 15) is 31.5 Å². The number of halogens is 4. The molecule has 2 aliphatic rings. The smallest absolute Gasteiger partial charge is 0.255 e. The van der Waals surface area contributed by atoms with Gasteiger partial charge in [0, 0.05) is 30.0 Å². The van der Waals surface area contributed by atoms with Gasteiger partial charge in [0.15, 0.2) is 27.3 Å². The summed E-state index contributed by atoms with van der Waals surface area (Å²) in [4.78, 5) is 12.4. The van der Waals surface area contributed by atoms with Crippen molar-refractivity contribution in [1.29, 1.82) is 0 Å². The standard InChI is InChI=1S/C23H23ClF3NO4S/c1-11-4-13-5-15(9-16(11)17(13)10-29)33(31,32)21-6-12(2-3-18(21)24)23(30)28-14-7-19(25)22(27)20(26)8-14/h2-3,6-8,11,13,15-17,29H,4-5,9-10H2,1H3,(H,28,30)/t11-,13?,15?,16?,17+/m0/s1. The van der Waals surface area contributed by atoms with Gasteiger partial charge in [0.05, 0.1) is 15.2 Å². The van der Waals surface area contributed by atoms with Crippen molar-refractivity contribution in [3.8, 4) is 0 Å². The maximum absolute atomic E-state index is 13.5. The molecule has 0 spiro atoms. The van der Waals surface area contributed by atoms with Gasteiger partial charge in [-0.05, 0) is 61.1 Å². The van der Waals surface area contributed by atoms with E-state index in [1.54, 1.807) is 0 Å². The zero-order valence-corrected chi connectivity index (χ0v) is 19.3. The molecule has 0 saturated heterocycles. The second-order valence-corrected chi connectivity index (χ2v) is 11.6. The van der Waals surface area contributed by atoms with Crippen molar-refractivity contribution in [2.24, 2.45) is 23.7 Å². The molecule has 10 heteroatoms. The Balaban J connectivity index is 1.60. The number of amides is 1. The molecule has 33 heavy (non-hydrogen) atoms. The molecule has 5 atom stereocenters. The minimum Gasteiger partial charge on any atom is -0.396 e. The minimum absolute atomic E-state index is 0.0323. The summed E-state index contributed by atoms with van der Waals surface area (Å²) in [6.45, 7) is 2.11. The molecule has 2 fully saturated rings. The number of fused-ring (bicyclic) bond motifs is 2. The van der Waals surface area contributed by atoms with Crippen LogP contribution in [-0.4, -0.2) is 31.3 Å². The Morgan fingerprint density at radius 2 is 1.79 bits per heavy atom. The van der Waals surface area contributed by atoms with Gasteiger partial charge in [-0.2, -0.15) is 0 Å². The Morgan fingerprint density at radius 3 is 2.39 bits per heavy atom. The number of aliphatic hydroxyl groups excluding tert-OH is 1. The third-order valence-electron chi connectivity index (χ3n) is 7.05. The van der Waals surface area contributed by atoms with E-state index >= 15 is 0 Å². The van der Waals surface area contributed by atoms with Crippen LogP contribution in [0, 0.1) is 41.1 Å². The average Bonchev–Trinajstić information content (AvgIpc) is 2.94. The highest BCUT2D eigenvalue weighted by Gasteiger charge is 2.49. The zero-order chi connectivity index (χ0) is 24.1. The molecule has 2 aromatic rings. The van der Waals surface area contributed by atoms with Crippen molar-refractivity contribution < 1.29 is 31.5 Å². The van der Waals surface area contributed by atoms with Gasteiger partial charge < -0.3 is 10.4 Å². The SMILES string of the molecule is C[C@H]1CC2CC(S(=O)(=O)c3cc(C(=O)Nc4cc(F)c(F)c(F)c4)ccc3Cl)CC1[C@@H]2CO. The van der Waals surface area contributed by atoms with Crippen molar-refractivity contribution in [3.05, 3.63) is 58.4 Å². The third kappa shape index (κ3) is 4.38. The summed E-state index contributed by atoms with van der Waals surface area (Å²) in [5.74, 6) is -4.80. The summed E-state index contributed by atoms with van der Waals surface area (Å²) in [5, 5.41) is 11.2. The molecule has 0 aliphatic heterocycles. The van der Waals surface area contributed by atoms with Crippen LogP contribution in [0.4, 0.5) is 18.9 Å². The number of carbonyl (C=O) groups excluding carboxylic acids is 1. The van der Waals surface area contributed by atoms with Crippen LogP contribution >= 0.6 is 11.6 Å². The normalized spacial score (nSPS) is 26.9. The van der Waals surface area contributed by atoms with Crippen LogP contribution in [0.5, 0.6) is 0 Å². The van der Waals surface area contributed by atoms with Gasteiger partial charge in [0.25, 0.3) is 5.91 Å². The quantitative estimate of drug-likeness (QED) is 0.575. The Bertz CT molecular complexity index is 1180. The molecule has 3 unspecified atom stereocenters. The van der Waals surface area contributed by atoms with Gasteiger partial charge in [0.2, 0.25) is 0 Å². The fourth-order valence-corrected chi connectivity index (χ4v) is 7.83. The number of hydrogen-bond acceptors (Lipinski definition) is 4.